The van der Waals surface area contributed by atoms with Crippen LogP contribution < -0.4 is 10.6 Å². The minimum Gasteiger partial charge on any atom is -0.373 e. The van der Waals surface area contributed by atoms with Crippen LogP contribution in [0.1, 0.15) is 17.2 Å². The molecule has 0 spiro atoms. The SMILES string of the molecule is Cc1ccc(N(C)CC(N)c2cc(F)ccc2F)cc1. The van der Waals surface area contributed by atoms with Crippen LogP contribution in [0.25, 0.3) is 0 Å². The Balaban J connectivity index is 2.12. The van der Waals surface area contributed by atoms with E-state index in [0.717, 1.165) is 23.9 Å². The fourth-order valence-corrected chi connectivity index (χ4v) is 2.10. The van der Waals surface area contributed by atoms with Gasteiger partial charge in [-0.1, -0.05) is 17.7 Å². The summed E-state index contributed by atoms with van der Waals surface area (Å²) in [5.41, 5.74) is 8.34. The minimum absolute atomic E-state index is 0.198. The van der Waals surface area contributed by atoms with Crippen LogP contribution in [0.3, 0.4) is 0 Å². The molecule has 0 aliphatic carbocycles. The van der Waals surface area contributed by atoms with Gasteiger partial charge >= 0.3 is 0 Å². The summed E-state index contributed by atoms with van der Waals surface area (Å²) in [6.07, 6.45) is 0. The maximum absolute atomic E-state index is 13.7. The van der Waals surface area contributed by atoms with E-state index in [1.807, 2.05) is 43.1 Å². The van der Waals surface area contributed by atoms with Crippen LogP contribution in [0.5, 0.6) is 0 Å². The fourth-order valence-electron chi connectivity index (χ4n) is 2.10. The molecule has 0 bridgehead atoms. The molecule has 0 heterocycles. The highest BCUT2D eigenvalue weighted by Crippen LogP contribution is 2.20. The molecule has 0 aromatic heterocycles. The van der Waals surface area contributed by atoms with E-state index >= 15 is 0 Å². The summed E-state index contributed by atoms with van der Waals surface area (Å²) in [6.45, 7) is 2.42. The van der Waals surface area contributed by atoms with Crippen molar-refractivity contribution in [1.82, 2.24) is 0 Å². The van der Waals surface area contributed by atoms with Crippen LogP contribution in [0.2, 0.25) is 0 Å². The molecule has 1 atom stereocenters. The molecule has 2 N–H and O–H groups in total. The Labute approximate surface area is 117 Å². The number of hydrogen-bond donors (Lipinski definition) is 1. The van der Waals surface area contributed by atoms with Gasteiger partial charge in [-0.2, -0.15) is 0 Å². The Morgan fingerprint density at radius 3 is 2.40 bits per heavy atom. The third-order valence-electron chi connectivity index (χ3n) is 3.30. The van der Waals surface area contributed by atoms with Crippen molar-refractivity contribution in [1.29, 1.82) is 0 Å². The molecule has 2 nitrogen and oxygen atoms in total. The molecule has 0 aliphatic rings. The van der Waals surface area contributed by atoms with E-state index in [4.69, 9.17) is 5.73 Å². The average molecular weight is 276 g/mol. The van der Waals surface area contributed by atoms with Crippen LogP contribution in [0.4, 0.5) is 14.5 Å². The molecule has 0 saturated heterocycles. The van der Waals surface area contributed by atoms with Crippen molar-refractivity contribution in [3.63, 3.8) is 0 Å². The third-order valence-corrected chi connectivity index (χ3v) is 3.30. The van der Waals surface area contributed by atoms with Crippen molar-refractivity contribution in [2.45, 2.75) is 13.0 Å². The van der Waals surface area contributed by atoms with Gasteiger partial charge < -0.3 is 10.6 Å². The van der Waals surface area contributed by atoms with Gasteiger partial charge in [0.15, 0.2) is 0 Å². The minimum atomic E-state index is -0.586. The van der Waals surface area contributed by atoms with E-state index < -0.39 is 17.7 Å². The van der Waals surface area contributed by atoms with E-state index in [0.29, 0.717) is 6.54 Å². The fraction of sp³-hybridized carbons (Fsp3) is 0.250. The van der Waals surface area contributed by atoms with E-state index in [-0.39, 0.29) is 5.56 Å². The van der Waals surface area contributed by atoms with Gasteiger partial charge in [0.2, 0.25) is 0 Å². The first kappa shape index (κ1) is 14.5. The monoisotopic (exact) mass is 276 g/mol. The maximum atomic E-state index is 13.7. The van der Waals surface area contributed by atoms with Gasteiger partial charge in [-0.15, -0.1) is 0 Å². The van der Waals surface area contributed by atoms with Crippen molar-refractivity contribution in [3.8, 4) is 0 Å². The smallest absolute Gasteiger partial charge is 0.128 e. The lowest BCUT2D eigenvalue weighted by molar-refractivity contribution is 0.561. The van der Waals surface area contributed by atoms with Gasteiger partial charge in [-0.05, 0) is 37.3 Å². The molecule has 106 valence electrons. The van der Waals surface area contributed by atoms with Crippen LogP contribution in [-0.2, 0) is 0 Å². The Bertz CT molecular complexity index is 582. The highest BCUT2D eigenvalue weighted by Gasteiger charge is 2.15. The number of benzene rings is 2. The molecule has 0 fully saturated rings. The standard InChI is InChI=1S/C16H18F2N2/c1-11-3-6-13(7-4-11)20(2)10-16(19)14-9-12(17)5-8-15(14)18/h3-9,16H,10,19H2,1-2H3. The van der Waals surface area contributed by atoms with Crippen molar-refractivity contribution < 1.29 is 8.78 Å². The first-order valence-electron chi connectivity index (χ1n) is 6.45. The first-order chi connectivity index (χ1) is 9.47. The Hall–Kier alpha value is -1.94. The highest BCUT2D eigenvalue weighted by atomic mass is 19.1. The second-order valence-electron chi connectivity index (χ2n) is 4.99. The van der Waals surface area contributed by atoms with Gasteiger partial charge in [0, 0.05) is 24.8 Å². The van der Waals surface area contributed by atoms with E-state index in [1.54, 1.807) is 0 Å². The van der Waals surface area contributed by atoms with E-state index in [1.165, 1.54) is 5.56 Å². The predicted molar refractivity (Wildman–Crippen MR) is 77.7 cm³/mol. The molecule has 0 amide bonds. The van der Waals surface area contributed by atoms with Gasteiger partial charge in [-0.25, -0.2) is 8.78 Å². The van der Waals surface area contributed by atoms with Gasteiger partial charge in [-0.3, -0.25) is 0 Å². The van der Waals surface area contributed by atoms with Crippen LogP contribution in [-0.4, -0.2) is 13.6 Å². The number of aryl methyl sites for hydroxylation is 1. The average Bonchev–Trinajstić information content (AvgIpc) is 2.42. The van der Waals surface area contributed by atoms with Crippen molar-refractivity contribution in [3.05, 3.63) is 65.2 Å². The first-order valence-corrected chi connectivity index (χ1v) is 6.45. The summed E-state index contributed by atoms with van der Waals surface area (Å²) in [7, 11) is 1.88. The zero-order valence-electron chi connectivity index (χ0n) is 11.6. The van der Waals surface area contributed by atoms with Crippen LogP contribution >= 0.6 is 0 Å². The highest BCUT2D eigenvalue weighted by molar-refractivity contribution is 5.47. The summed E-state index contributed by atoms with van der Waals surface area (Å²) >= 11 is 0. The molecule has 2 rings (SSSR count). The number of likely N-dealkylation sites (N-methyl/N-ethyl adjacent to an activating group) is 1. The van der Waals surface area contributed by atoms with E-state index in [9.17, 15) is 8.78 Å². The second kappa shape index (κ2) is 6.01. The van der Waals surface area contributed by atoms with Crippen molar-refractivity contribution >= 4 is 5.69 Å². The molecule has 4 heteroatoms. The number of anilines is 1. The number of rotatable bonds is 4. The lowest BCUT2D eigenvalue weighted by Gasteiger charge is -2.24. The maximum Gasteiger partial charge on any atom is 0.128 e. The molecular formula is C16H18F2N2. The van der Waals surface area contributed by atoms with Crippen molar-refractivity contribution in [2.75, 3.05) is 18.5 Å². The number of hydrogen-bond acceptors (Lipinski definition) is 2. The lowest BCUT2D eigenvalue weighted by Crippen LogP contribution is -2.29. The molecule has 2 aromatic rings. The molecular weight excluding hydrogens is 258 g/mol. The summed E-state index contributed by atoms with van der Waals surface area (Å²) in [5, 5.41) is 0. The summed E-state index contributed by atoms with van der Waals surface area (Å²) < 4.78 is 26.8. The summed E-state index contributed by atoms with van der Waals surface area (Å²) in [4.78, 5) is 1.93. The van der Waals surface area contributed by atoms with Crippen LogP contribution in [0.15, 0.2) is 42.5 Å². The Morgan fingerprint density at radius 2 is 1.75 bits per heavy atom. The number of nitrogens with zero attached hydrogens (tertiary/aromatic N) is 1. The van der Waals surface area contributed by atoms with Gasteiger partial charge in [0.1, 0.15) is 11.6 Å². The predicted octanol–water partition coefficient (Wildman–Crippen LogP) is 3.41. The van der Waals surface area contributed by atoms with Crippen LogP contribution in [0, 0.1) is 18.6 Å². The topological polar surface area (TPSA) is 29.3 Å². The summed E-state index contributed by atoms with van der Waals surface area (Å²) in [6, 6.07) is 10.7. The zero-order valence-corrected chi connectivity index (χ0v) is 11.6. The number of halogens is 2. The quantitative estimate of drug-likeness (QED) is 0.927. The summed E-state index contributed by atoms with van der Waals surface area (Å²) in [5.74, 6) is -0.953. The third kappa shape index (κ3) is 3.33. The Kier molecular flexibility index (Phi) is 4.35. The molecule has 0 radical (unpaired) electrons. The normalized spacial score (nSPS) is 12.2. The largest absolute Gasteiger partial charge is 0.373 e. The molecule has 20 heavy (non-hydrogen) atoms. The molecule has 0 saturated carbocycles. The van der Waals surface area contributed by atoms with Crippen molar-refractivity contribution in [2.24, 2.45) is 5.73 Å². The Morgan fingerprint density at radius 1 is 1.10 bits per heavy atom. The lowest BCUT2D eigenvalue weighted by atomic mass is 10.1. The molecule has 0 aliphatic heterocycles. The second-order valence-corrected chi connectivity index (χ2v) is 4.99. The van der Waals surface area contributed by atoms with E-state index in [2.05, 4.69) is 0 Å². The van der Waals surface area contributed by atoms with Gasteiger partial charge in [0.05, 0.1) is 6.04 Å². The zero-order chi connectivity index (χ0) is 14.7. The molecule has 2 aromatic carbocycles. The molecule has 1 unspecified atom stereocenters. The van der Waals surface area contributed by atoms with Gasteiger partial charge in [0.25, 0.3) is 0 Å². The number of nitrogens with two attached hydrogens (primary N) is 1.